The van der Waals surface area contributed by atoms with Gasteiger partial charge in [0.25, 0.3) is 0 Å². The third-order valence-corrected chi connectivity index (χ3v) is 2.72. The number of aliphatic carboxylic acids is 1. The predicted molar refractivity (Wildman–Crippen MR) is 70.9 cm³/mol. The van der Waals surface area contributed by atoms with E-state index in [0.717, 1.165) is 0 Å². The van der Waals surface area contributed by atoms with Crippen LogP contribution >= 0.6 is 0 Å². The summed E-state index contributed by atoms with van der Waals surface area (Å²) in [5.74, 6) is -0.600. The molecule has 0 aliphatic rings. The highest BCUT2D eigenvalue weighted by Gasteiger charge is 2.23. The molecule has 5 heteroatoms. The molecule has 0 aliphatic heterocycles. The standard InChI is InChI=1S/C14H20FNO3/c1-14(2,3)16(10-13(17)18)8-9-19-12-6-4-11(15)5-7-12/h4-7H,8-10H2,1-3H3,(H,17,18). The van der Waals surface area contributed by atoms with Gasteiger partial charge in [0.1, 0.15) is 18.2 Å². The van der Waals surface area contributed by atoms with E-state index >= 15 is 0 Å². The largest absolute Gasteiger partial charge is 0.492 e. The summed E-state index contributed by atoms with van der Waals surface area (Å²) < 4.78 is 18.2. The van der Waals surface area contributed by atoms with Gasteiger partial charge in [-0.3, -0.25) is 9.69 Å². The van der Waals surface area contributed by atoms with Crippen molar-refractivity contribution in [3.8, 4) is 5.75 Å². The highest BCUT2D eigenvalue weighted by molar-refractivity contribution is 5.69. The van der Waals surface area contributed by atoms with Gasteiger partial charge in [0.15, 0.2) is 0 Å². The fourth-order valence-corrected chi connectivity index (χ4v) is 1.62. The number of ether oxygens (including phenoxy) is 1. The monoisotopic (exact) mass is 269 g/mol. The lowest BCUT2D eigenvalue weighted by atomic mass is 10.1. The molecule has 0 atom stereocenters. The zero-order valence-electron chi connectivity index (χ0n) is 11.5. The van der Waals surface area contributed by atoms with E-state index in [2.05, 4.69) is 0 Å². The van der Waals surface area contributed by atoms with E-state index in [-0.39, 0.29) is 17.9 Å². The first-order valence-corrected chi connectivity index (χ1v) is 6.14. The van der Waals surface area contributed by atoms with E-state index < -0.39 is 5.97 Å². The summed E-state index contributed by atoms with van der Waals surface area (Å²) in [6.45, 7) is 6.68. The zero-order valence-corrected chi connectivity index (χ0v) is 11.5. The molecule has 0 radical (unpaired) electrons. The smallest absolute Gasteiger partial charge is 0.317 e. The van der Waals surface area contributed by atoms with Crippen LogP contribution in [0.15, 0.2) is 24.3 Å². The minimum Gasteiger partial charge on any atom is -0.492 e. The maximum absolute atomic E-state index is 12.7. The molecule has 0 unspecified atom stereocenters. The molecule has 0 aromatic heterocycles. The Balaban J connectivity index is 2.48. The Morgan fingerprint density at radius 2 is 1.89 bits per heavy atom. The van der Waals surface area contributed by atoms with Crippen molar-refractivity contribution in [1.29, 1.82) is 0 Å². The Labute approximate surface area is 112 Å². The Morgan fingerprint density at radius 1 is 1.32 bits per heavy atom. The number of nitrogens with zero attached hydrogens (tertiary/aromatic N) is 1. The van der Waals surface area contributed by atoms with E-state index in [1.807, 2.05) is 25.7 Å². The molecular weight excluding hydrogens is 249 g/mol. The van der Waals surface area contributed by atoms with Crippen molar-refractivity contribution in [1.82, 2.24) is 4.90 Å². The van der Waals surface area contributed by atoms with Gasteiger partial charge >= 0.3 is 5.97 Å². The first kappa shape index (κ1) is 15.4. The number of carboxylic acids is 1. The maximum atomic E-state index is 12.7. The average molecular weight is 269 g/mol. The van der Waals surface area contributed by atoms with Crippen LogP contribution in [0.5, 0.6) is 5.75 Å². The van der Waals surface area contributed by atoms with Crippen LogP contribution in [-0.4, -0.2) is 41.2 Å². The van der Waals surface area contributed by atoms with Gasteiger partial charge in [-0.1, -0.05) is 0 Å². The molecule has 4 nitrogen and oxygen atoms in total. The lowest BCUT2D eigenvalue weighted by Crippen LogP contribution is -2.46. The van der Waals surface area contributed by atoms with Crippen molar-refractivity contribution in [3.05, 3.63) is 30.1 Å². The van der Waals surface area contributed by atoms with Crippen LogP contribution in [0, 0.1) is 5.82 Å². The van der Waals surface area contributed by atoms with Gasteiger partial charge < -0.3 is 9.84 Å². The molecule has 1 N–H and O–H groups in total. The second-order valence-corrected chi connectivity index (χ2v) is 5.29. The van der Waals surface area contributed by atoms with Gasteiger partial charge in [-0.2, -0.15) is 0 Å². The van der Waals surface area contributed by atoms with Crippen molar-refractivity contribution in [2.75, 3.05) is 19.7 Å². The van der Waals surface area contributed by atoms with Crippen LogP contribution in [0.4, 0.5) is 4.39 Å². The van der Waals surface area contributed by atoms with E-state index in [9.17, 15) is 9.18 Å². The van der Waals surface area contributed by atoms with Crippen LogP contribution in [0.25, 0.3) is 0 Å². The van der Waals surface area contributed by atoms with Gasteiger partial charge in [0.05, 0.1) is 6.54 Å². The predicted octanol–water partition coefficient (Wildman–Crippen LogP) is 2.39. The number of hydrogen-bond donors (Lipinski definition) is 1. The Bertz CT molecular complexity index is 412. The van der Waals surface area contributed by atoms with Gasteiger partial charge in [0, 0.05) is 12.1 Å². The van der Waals surface area contributed by atoms with Crippen molar-refractivity contribution in [2.45, 2.75) is 26.3 Å². The van der Waals surface area contributed by atoms with E-state index in [1.54, 1.807) is 12.1 Å². The molecule has 1 aromatic carbocycles. The number of carbonyl (C=O) groups is 1. The van der Waals surface area contributed by atoms with Crippen LogP contribution in [0.2, 0.25) is 0 Å². The topological polar surface area (TPSA) is 49.8 Å². The first-order valence-electron chi connectivity index (χ1n) is 6.14. The number of rotatable bonds is 6. The van der Waals surface area contributed by atoms with Crippen LogP contribution in [0.1, 0.15) is 20.8 Å². The molecule has 106 valence electrons. The Hall–Kier alpha value is -1.62. The molecule has 0 aliphatic carbocycles. The molecule has 1 aromatic rings. The number of carboxylic acid groups (broad SMARTS) is 1. The molecule has 0 spiro atoms. The lowest BCUT2D eigenvalue weighted by molar-refractivity contribution is -0.139. The summed E-state index contributed by atoms with van der Waals surface area (Å²) in [6, 6.07) is 5.75. The second kappa shape index (κ2) is 6.52. The third kappa shape index (κ3) is 5.70. The minimum absolute atomic E-state index is 0.0315. The van der Waals surface area contributed by atoms with Crippen molar-refractivity contribution in [3.63, 3.8) is 0 Å². The summed E-state index contributed by atoms with van der Waals surface area (Å²) in [4.78, 5) is 12.6. The SMILES string of the molecule is CC(C)(C)N(CCOc1ccc(F)cc1)CC(=O)O. The van der Waals surface area contributed by atoms with Crippen molar-refractivity contribution < 1.29 is 19.0 Å². The van der Waals surface area contributed by atoms with Crippen molar-refractivity contribution in [2.24, 2.45) is 0 Å². The third-order valence-electron chi connectivity index (χ3n) is 2.72. The normalized spacial score (nSPS) is 11.6. The van der Waals surface area contributed by atoms with E-state index in [0.29, 0.717) is 18.9 Å². The number of halogens is 1. The van der Waals surface area contributed by atoms with Crippen LogP contribution in [0.3, 0.4) is 0 Å². The summed E-state index contributed by atoms with van der Waals surface area (Å²) in [5, 5.41) is 8.87. The number of hydrogen-bond acceptors (Lipinski definition) is 3. The van der Waals surface area contributed by atoms with Gasteiger partial charge in [-0.15, -0.1) is 0 Å². The van der Waals surface area contributed by atoms with Crippen molar-refractivity contribution >= 4 is 5.97 Å². The van der Waals surface area contributed by atoms with Gasteiger partial charge in [-0.05, 0) is 45.0 Å². The highest BCUT2D eigenvalue weighted by atomic mass is 19.1. The maximum Gasteiger partial charge on any atom is 0.317 e. The molecule has 0 saturated carbocycles. The molecule has 1 rings (SSSR count). The highest BCUT2D eigenvalue weighted by Crippen LogP contribution is 2.14. The molecule has 0 amide bonds. The first-order chi connectivity index (χ1) is 8.79. The molecule has 0 saturated heterocycles. The molecular formula is C14H20FNO3. The number of benzene rings is 1. The quantitative estimate of drug-likeness (QED) is 0.861. The fourth-order valence-electron chi connectivity index (χ4n) is 1.62. The minimum atomic E-state index is -0.864. The molecule has 19 heavy (non-hydrogen) atoms. The lowest BCUT2D eigenvalue weighted by Gasteiger charge is -2.34. The Morgan fingerprint density at radius 3 is 2.37 bits per heavy atom. The fraction of sp³-hybridized carbons (Fsp3) is 0.500. The summed E-state index contributed by atoms with van der Waals surface area (Å²) >= 11 is 0. The summed E-state index contributed by atoms with van der Waals surface area (Å²) in [6.07, 6.45) is 0. The van der Waals surface area contributed by atoms with Crippen LogP contribution in [-0.2, 0) is 4.79 Å². The molecule has 0 bridgehead atoms. The second-order valence-electron chi connectivity index (χ2n) is 5.29. The van der Waals surface area contributed by atoms with Gasteiger partial charge in [0.2, 0.25) is 0 Å². The summed E-state index contributed by atoms with van der Waals surface area (Å²) in [5.41, 5.74) is -0.245. The average Bonchev–Trinajstić information content (AvgIpc) is 2.28. The summed E-state index contributed by atoms with van der Waals surface area (Å²) in [7, 11) is 0. The van der Waals surface area contributed by atoms with E-state index in [1.165, 1.54) is 12.1 Å². The van der Waals surface area contributed by atoms with Crippen LogP contribution < -0.4 is 4.74 Å². The van der Waals surface area contributed by atoms with Gasteiger partial charge in [-0.25, -0.2) is 4.39 Å². The zero-order chi connectivity index (χ0) is 14.5. The molecule has 0 heterocycles. The Kier molecular flexibility index (Phi) is 5.30. The van der Waals surface area contributed by atoms with E-state index in [4.69, 9.17) is 9.84 Å². The molecule has 0 fully saturated rings.